The van der Waals surface area contributed by atoms with Crippen LogP contribution in [0.1, 0.15) is 65.7 Å². The van der Waals surface area contributed by atoms with Gasteiger partial charge >= 0.3 is 12.1 Å². The van der Waals surface area contributed by atoms with E-state index in [1.165, 1.54) is 23.3 Å². The number of methoxy groups -OCH3 is 1. The second-order valence-electron chi connectivity index (χ2n) is 16.8. The summed E-state index contributed by atoms with van der Waals surface area (Å²) in [6.45, 7) is 17.1. The molecule has 1 amide bonds. The highest BCUT2D eigenvalue weighted by Crippen LogP contribution is 2.39. The molecule has 0 atom stereocenters. The van der Waals surface area contributed by atoms with E-state index in [1.54, 1.807) is 18.4 Å². The van der Waals surface area contributed by atoms with Gasteiger partial charge in [0.15, 0.2) is 27.3 Å². The molecular weight excluding hydrogens is 815 g/mol. The molecule has 5 aromatic rings. The molecule has 1 aliphatic heterocycles. The Morgan fingerprint density at radius 1 is 1.03 bits per heavy atom. The summed E-state index contributed by atoms with van der Waals surface area (Å²) in [6, 6.07) is 16.9. The number of esters is 1. The van der Waals surface area contributed by atoms with E-state index in [1.807, 2.05) is 57.2 Å². The normalized spacial score (nSPS) is 13.2. The largest absolute Gasteiger partial charge is 0.494 e. The van der Waals surface area contributed by atoms with E-state index in [4.69, 9.17) is 34.0 Å². The van der Waals surface area contributed by atoms with E-state index in [-0.39, 0.29) is 6.54 Å². The van der Waals surface area contributed by atoms with Crippen LogP contribution in [0.2, 0.25) is 25.7 Å². The highest BCUT2D eigenvalue weighted by atomic mass is 32.1. The van der Waals surface area contributed by atoms with Crippen molar-refractivity contribution >= 4 is 69.8 Å². The number of rotatable bonds is 14. The van der Waals surface area contributed by atoms with E-state index < -0.39 is 25.7 Å². The summed E-state index contributed by atoms with van der Waals surface area (Å²) in [6.07, 6.45) is 2.54. The van der Waals surface area contributed by atoms with Crippen LogP contribution in [0.15, 0.2) is 53.5 Å². The van der Waals surface area contributed by atoms with Crippen molar-refractivity contribution < 1.29 is 28.5 Å². The number of para-hydroxylation sites is 1. The number of amides is 1. The molecule has 0 aliphatic carbocycles. The lowest BCUT2D eigenvalue weighted by Gasteiger charge is -2.28. The van der Waals surface area contributed by atoms with Gasteiger partial charge in [-0.1, -0.05) is 55.0 Å². The molecule has 0 spiro atoms. The lowest BCUT2D eigenvalue weighted by atomic mass is 10.0. The van der Waals surface area contributed by atoms with E-state index in [9.17, 15) is 9.59 Å². The quantitative estimate of drug-likeness (QED) is 0.0461. The molecule has 0 unspecified atom stereocenters. The third-order valence-corrected chi connectivity index (χ3v) is 13.5. The van der Waals surface area contributed by atoms with Crippen LogP contribution in [0.5, 0.6) is 5.75 Å². The molecular formula is C44H55N7O6S2Si. The molecule has 6 rings (SSSR count). The molecule has 2 aromatic carbocycles. The number of fused-ring (bicyclic) bond motifs is 2. The fraction of sp³-hybridized carbons (Fsp3) is 0.455. The Hall–Kier alpha value is -5.08. The molecule has 3 aromatic heterocycles. The van der Waals surface area contributed by atoms with Gasteiger partial charge in [0.25, 0.3) is 0 Å². The molecule has 13 nitrogen and oxygen atoms in total. The Morgan fingerprint density at radius 2 is 1.80 bits per heavy atom. The molecule has 0 fully saturated rings. The molecule has 60 heavy (non-hydrogen) atoms. The smallest absolute Gasteiger partial charge is 0.410 e. The van der Waals surface area contributed by atoms with Crippen LogP contribution < -0.4 is 14.4 Å². The monoisotopic (exact) mass is 869 g/mol. The van der Waals surface area contributed by atoms with Gasteiger partial charge in [-0.25, -0.2) is 14.6 Å². The highest BCUT2D eigenvalue weighted by Gasteiger charge is 2.29. The van der Waals surface area contributed by atoms with Crippen molar-refractivity contribution in [1.82, 2.24) is 24.6 Å². The maximum Gasteiger partial charge on any atom is 0.410 e. The van der Waals surface area contributed by atoms with Gasteiger partial charge in [-0.15, -0.1) is 21.5 Å². The van der Waals surface area contributed by atoms with Gasteiger partial charge in [-0.05, 0) is 95.8 Å². The van der Waals surface area contributed by atoms with E-state index in [2.05, 4.69) is 65.1 Å². The first kappa shape index (κ1) is 44.5. The lowest BCUT2D eigenvalue weighted by molar-refractivity contribution is 0.0320. The van der Waals surface area contributed by atoms with Crippen molar-refractivity contribution in [1.29, 1.82) is 0 Å². The molecule has 0 saturated carbocycles. The molecule has 4 heterocycles. The van der Waals surface area contributed by atoms with Crippen molar-refractivity contribution in [3.63, 3.8) is 0 Å². The number of hydrogen-bond donors (Lipinski definition) is 0. The first-order valence-electron chi connectivity index (χ1n) is 20.2. The van der Waals surface area contributed by atoms with Crippen LogP contribution in [0.25, 0.3) is 10.2 Å². The van der Waals surface area contributed by atoms with Crippen molar-refractivity contribution in [3.8, 4) is 17.6 Å². The number of anilines is 2. The summed E-state index contributed by atoms with van der Waals surface area (Å²) >= 11 is 3.08. The number of aromatic nitrogens is 4. The summed E-state index contributed by atoms with van der Waals surface area (Å²) in [4.78, 5) is 40.1. The zero-order chi connectivity index (χ0) is 43.0. The average molecular weight is 870 g/mol. The van der Waals surface area contributed by atoms with Crippen molar-refractivity contribution in [2.24, 2.45) is 4.99 Å². The van der Waals surface area contributed by atoms with Gasteiger partial charge in [-0.2, -0.15) is 4.99 Å². The van der Waals surface area contributed by atoms with E-state index in [0.717, 1.165) is 67.9 Å². The minimum atomic E-state index is -1.22. The summed E-state index contributed by atoms with van der Waals surface area (Å²) in [7, 11) is 1.81. The van der Waals surface area contributed by atoms with Crippen LogP contribution in [0, 0.1) is 18.8 Å². The second kappa shape index (κ2) is 19.5. The van der Waals surface area contributed by atoms with Crippen LogP contribution in [-0.2, 0) is 33.8 Å². The zero-order valence-corrected chi connectivity index (χ0v) is 38.7. The van der Waals surface area contributed by atoms with Gasteiger partial charge in [0, 0.05) is 49.8 Å². The van der Waals surface area contributed by atoms with Crippen molar-refractivity contribution in [2.45, 2.75) is 91.4 Å². The number of aryl methyl sites for hydroxylation is 1. The molecule has 0 N–H and O–H groups in total. The van der Waals surface area contributed by atoms with Crippen LogP contribution in [0.3, 0.4) is 0 Å². The highest BCUT2D eigenvalue weighted by molar-refractivity contribution is 7.16. The first-order chi connectivity index (χ1) is 28.6. The number of carbonyl (C=O) groups excluding carboxylic acids is 2. The SMILES string of the molecule is COC(=O)c1nc(N2CCCc3c2nnc(N=c2sc4ccccc4n2COCC[Si](C)(C)C)c3C)sc1CCCOc1ccc(C#CCN(C)C(=O)OC(C)(C)C)cc1. The Bertz CT molecular complexity index is 2440. The molecule has 16 heteroatoms. The maximum absolute atomic E-state index is 12.9. The van der Waals surface area contributed by atoms with Gasteiger partial charge in [-0.3, -0.25) is 4.57 Å². The number of thiazole rings is 2. The van der Waals surface area contributed by atoms with Crippen LogP contribution in [0.4, 0.5) is 21.6 Å². The number of nitrogens with zero attached hydrogens (tertiary/aromatic N) is 7. The third-order valence-electron chi connectivity index (χ3n) is 9.59. The van der Waals surface area contributed by atoms with Gasteiger partial charge in [0.2, 0.25) is 0 Å². The maximum atomic E-state index is 12.9. The van der Waals surface area contributed by atoms with Crippen molar-refractivity contribution in [2.75, 3.05) is 45.4 Å². The Labute approximate surface area is 361 Å². The van der Waals surface area contributed by atoms with Gasteiger partial charge < -0.3 is 28.7 Å². The molecule has 318 valence electrons. The second-order valence-corrected chi connectivity index (χ2v) is 24.5. The van der Waals surface area contributed by atoms with Crippen LogP contribution in [-0.4, -0.2) is 90.8 Å². The molecule has 0 bridgehead atoms. The molecule has 1 aliphatic rings. The summed E-state index contributed by atoms with van der Waals surface area (Å²) < 4.78 is 26.0. The fourth-order valence-corrected chi connectivity index (χ4v) is 9.21. The summed E-state index contributed by atoms with van der Waals surface area (Å²) in [5.74, 6) is 7.64. The summed E-state index contributed by atoms with van der Waals surface area (Å²) in [5.41, 5.74) is 3.68. The first-order valence-corrected chi connectivity index (χ1v) is 25.5. The predicted octanol–water partition coefficient (Wildman–Crippen LogP) is 8.90. The summed E-state index contributed by atoms with van der Waals surface area (Å²) in [5, 5.41) is 10.1. The van der Waals surface area contributed by atoms with Crippen LogP contribution >= 0.6 is 22.7 Å². The zero-order valence-electron chi connectivity index (χ0n) is 36.1. The standard InChI is InChI=1S/C44H55N7O6S2Si/c1-30-33-16-13-25-50(39(33)48-47-38(30)46-42-51(29-55-27-28-60(7,8)9)34-17-10-11-18-35(34)58-42)41-45-37(40(52)54-6)36(59-41)19-14-26-56-32-22-20-31(21-23-32)15-12-24-49(5)43(53)57-44(2,3)4/h10-11,17-18,20-23H,13-14,16,19,24-29H2,1-9H3. The third kappa shape index (κ3) is 11.6. The minimum absolute atomic E-state index is 0.248. The van der Waals surface area contributed by atoms with Gasteiger partial charge in [0.05, 0.1) is 30.5 Å². The van der Waals surface area contributed by atoms with E-state index in [0.29, 0.717) is 55.1 Å². The van der Waals surface area contributed by atoms with E-state index >= 15 is 0 Å². The van der Waals surface area contributed by atoms with Gasteiger partial charge in [0.1, 0.15) is 18.1 Å². The predicted molar refractivity (Wildman–Crippen MR) is 241 cm³/mol. The molecule has 0 saturated heterocycles. The Morgan fingerprint density at radius 3 is 2.53 bits per heavy atom. The number of ether oxygens (including phenoxy) is 4. The topological polar surface area (TPSA) is 134 Å². The Balaban J connectivity index is 1.12. The number of benzene rings is 2. The number of carbonyl (C=O) groups is 2. The fourth-order valence-electron chi connectivity index (χ4n) is 6.32. The Kier molecular flexibility index (Phi) is 14.5. The average Bonchev–Trinajstić information content (AvgIpc) is 3.79. The number of hydrogen-bond acceptors (Lipinski definition) is 13. The van der Waals surface area contributed by atoms with Crippen molar-refractivity contribution in [3.05, 3.63) is 80.6 Å². The molecule has 0 radical (unpaired) electrons. The lowest BCUT2D eigenvalue weighted by Crippen LogP contribution is -2.34. The minimum Gasteiger partial charge on any atom is -0.494 e.